The normalized spacial score (nSPS) is 26.9. The number of anilines is 1. The van der Waals surface area contributed by atoms with Gasteiger partial charge in [-0.25, -0.2) is 0 Å². The lowest BCUT2D eigenvalue weighted by atomic mass is 9.86. The first-order valence-electron chi connectivity index (χ1n) is 7.10. The molecule has 2 nitrogen and oxygen atoms in total. The van der Waals surface area contributed by atoms with Gasteiger partial charge in [0.2, 0.25) is 0 Å². The fraction of sp³-hybridized carbons (Fsp3) is 0.600. The van der Waals surface area contributed by atoms with Crippen molar-refractivity contribution in [3.63, 3.8) is 0 Å². The zero-order chi connectivity index (χ0) is 14.9. The van der Waals surface area contributed by atoms with Gasteiger partial charge >= 0.3 is 0 Å². The topological polar surface area (TPSA) is 15.3 Å². The standard InChI is InChI=1S/C15H21Cl3N2/c1-4-19-14-5-6-20(10(3)9(14)2)15-8-12(17)11(16)7-13(15)18/h7-10,14,19H,4-6H2,1-3H3. The summed E-state index contributed by atoms with van der Waals surface area (Å²) in [4.78, 5) is 2.34. The van der Waals surface area contributed by atoms with Crippen LogP contribution in [0.15, 0.2) is 12.1 Å². The molecular formula is C15H21Cl3N2. The largest absolute Gasteiger partial charge is 0.367 e. The highest BCUT2D eigenvalue weighted by molar-refractivity contribution is 6.44. The highest BCUT2D eigenvalue weighted by Gasteiger charge is 2.33. The van der Waals surface area contributed by atoms with Crippen LogP contribution in [0, 0.1) is 5.92 Å². The van der Waals surface area contributed by atoms with E-state index in [1.807, 2.05) is 6.07 Å². The lowest BCUT2D eigenvalue weighted by Crippen LogP contribution is -2.53. The molecule has 0 aliphatic carbocycles. The van der Waals surface area contributed by atoms with Crippen LogP contribution in [-0.2, 0) is 0 Å². The Bertz CT molecular complexity index is 478. The quantitative estimate of drug-likeness (QED) is 0.794. The third-order valence-electron chi connectivity index (χ3n) is 4.33. The van der Waals surface area contributed by atoms with E-state index >= 15 is 0 Å². The molecule has 1 saturated heterocycles. The Kier molecular flexibility index (Phi) is 5.47. The van der Waals surface area contributed by atoms with E-state index in [-0.39, 0.29) is 0 Å². The molecule has 0 saturated carbocycles. The van der Waals surface area contributed by atoms with Gasteiger partial charge < -0.3 is 10.2 Å². The molecule has 1 heterocycles. The maximum atomic E-state index is 6.35. The summed E-state index contributed by atoms with van der Waals surface area (Å²) in [7, 11) is 0. The van der Waals surface area contributed by atoms with Gasteiger partial charge in [0.15, 0.2) is 0 Å². The Morgan fingerprint density at radius 3 is 2.45 bits per heavy atom. The SMILES string of the molecule is CCNC1CCN(c2cc(Cl)c(Cl)cc2Cl)C(C)C1C. The van der Waals surface area contributed by atoms with Crippen molar-refractivity contribution in [2.24, 2.45) is 5.92 Å². The Morgan fingerprint density at radius 1 is 1.15 bits per heavy atom. The second-order valence-electron chi connectivity index (χ2n) is 5.46. The van der Waals surface area contributed by atoms with Crippen LogP contribution < -0.4 is 10.2 Å². The van der Waals surface area contributed by atoms with Crippen molar-refractivity contribution in [3.05, 3.63) is 27.2 Å². The van der Waals surface area contributed by atoms with Crippen molar-refractivity contribution >= 4 is 40.5 Å². The monoisotopic (exact) mass is 334 g/mol. The van der Waals surface area contributed by atoms with Crippen LogP contribution in [0.25, 0.3) is 0 Å². The van der Waals surface area contributed by atoms with Gasteiger partial charge in [-0.3, -0.25) is 0 Å². The highest BCUT2D eigenvalue weighted by atomic mass is 35.5. The number of benzene rings is 1. The molecule has 2 rings (SSSR count). The summed E-state index contributed by atoms with van der Waals surface area (Å²) in [6, 6.07) is 4.58. The van der Waals surface area contributed by atoms with Crippen LogP contribution in [0.1, 0.15) is 27.2 Å². The summed E-state index contributed by atoms with van der Waals surface area (Å²) in [5, 5.41) is 5.29. The van der Waals surface area contributed by atoms with Crippen LogP contribution in [0.4, 0.5) is 5.69 Å². The minimum atomic E-state index is 0.405. The molecule has 1 aromatic carbocycles. The van der Waals surface area contributed by atoms with E-state index in [1.54, 1.807) is 6.07 Å². The maximum absolute atomic E-state index is 6.35. The predicted octanol–water partition coefficient (Wildman–Crippen LogP) is 4.86. The molecule has 0 spiro atoms. The van der Waals surface area contributed by atoms with E-state index in [1.165, 1.54) is 0 Å². The molecule has 1 aliphatic rings. The number of rotatable bonds is 3. The first-order chi connectivity index (χ1) is 9.45. The highest BCUT2D eigenvalue weighted by Crippen LogP contribution is 2.38. The number of halogens is 3. The number of hydrogen-bond acceptors (Lipinski definition) is 2. The van der Waals surface area contributed by atoms with Gasteiger partial charge in [-0.2, -0.15) is 0 Å². The zero-order valence-corrected chi connectivity index (χ0v) is 14.4. The molecule has 3 unspecified atom stereocenters. The third-order valence-corrected chi connectivity index (χ3v) is 5.36. The molecular weight excluding hydrogens is 315 g/mol. The molecule has 1 N–H and O–H groups in total. The van der Waals surface area contributed by atoms with Gasteiger partial charge in [-0.05, 0) is 37.9 Å². The molecule has 20 heavy (non-hydrogen) atoms. The lowest BCUT2D eigenvalue weighted by molar-refractivity contribution is 0.274. The van der Waals surface area contributed by atoms with Crippen LogP contribution in [0.5, 0.6) is 0 Å². The first kappa shape index (κ1) is 16.2. The average Bonchev–Trinajstić information content (AvgIpc) is 2.40. The van der Waals surface area contributed by atoms with Crippen molar-refractivity contribution < 1.29 is 0 Å². The van der Waals surface area contributed by atoms with Crippen molar-refractivity contribution in [3.8, 4) is 0 Å². The molecule has 1 fully saturated rings. The molecule has 3 atom stereocenters. The smallest absolute Gasteiger partial charge is 0.0655 e. The Hall–Kier alpha value is -0.150. The zero-order valence-electron chi connectivity index (χ0n) is 12.1. The van der Waals surface area contributed by atoms with Crippen LogP contribution in [0.3, 0.4) is 0 Å². The number of hydrogen-bond donors (Lipinski definition) is 1. The van der Waals surface area contributed by atoms with Crippen molar-refractivity contribution in [2.75, 3.05) is 18.0 Å². The van der Waals surface area contributed by atoms with Crippen LogP contribution >= 0.6 is 34.8 Å². The van der Waals surface area contributed by atoms with Crippen LogP contribution in [0.2, 0.25) is 15.1 Å². The molecule has 0 amide bonds. The Morgan fingerprint density at radius 2 is 1.80 bits per heavy atom. The summed E-state index contributed by atoms with van der Waals surface area (Å²) < 4.78 is 0. The number of nitrogens with one attached hydrogen (secondary N) is 1. The van der Waals surface area contributed by atoms with E-state index < -0.39 is 0 Å². The summed E-state index contributed by atoms with van der Waals surface area (Å²) >= 11 is 18.5. The predicted molar refractivity (Wildman–Crippen MR) is 89.5 cm³/mol. The Labute approximate surface area is 136 Å². The van der Waals surface area contributed by atoms with Gasteiger partial charge in [0.05, 0.1) is 20.8 Å². The Balaban J connectivity index is 2.24. The third kappa shape index (κ3) is 3.19. The molecule has 0 radical (unpaired) electrons. The molecule has 112 valence electrons. The minimum Gasteiger partial charge on any atom is -0.367 e. The molecule has 0 bridgehead atoms. The summed E-state index contributed by atoms with van der Waals surface area (Å²) in [5.74, 6) is 0.550. The lowest BCUT2D eigenvalue weighted by Gasteiger charge is -2.44. The van der Waals surface area contributed by atoms with Crippen molar-refractivity contribution in [1.29, 1.82) is 0 Å². The summed E-state index contributed by atoms with van der Waals surface area (Å²) in [5.41, 5.74) is 0.982. The van der Waals surface area contributed by atoms with E-state index in [4.69, 9.17) is 34.8 Å². The molecule has 5 heteroatoms. The van der Waals surface area contributed by atoms with Gasteiger partial charge in [0, 0.05) is 18.6 Å². The minimum absolute atomic E-state index is 0.405. The second kappa shape index (κ2) is 6.74. The summed E-state index contributed by atoms with van der Waals surface area (Å²) in [6.07, 6.45) is 1.11. The average molecular weight is 336 g/mol. The summed E-state index contributed by atoms with van der Waals surface area (Å²) in [6.45, 7) is 8.66. The van der Waals surface area contributed by atoms with Gasteiger partial charge in [-0.15, -0.1) is 0 Å². The number of piperidine rings is 1. The van der Waals surface area contributed by atoms with Gasteiger partial charge in [0.25, 0.3) is 0 Å². The van der Waals surface area contributed by atoms with E-state index in [9.17, 15) is 0 Å². The van der Waals surface area contributed by atoms with E-state index in [0.29, 0.717) is 33.1 Å². The fourth-order valence-electron chi connectivity index (χ4n) is 2.99. The number of nitrogens with zero attached hydrogens (tertiary/aromatic N) is 1. The van der Waals surface area contributed by atoms with E-state index in [2.05, 4.69) is 31.0 Å². The molecule has 0 aromatic heterocycles. The van der Waals surface area contributed by atoms with Crippen molar-refractivity contribution in [2.45, 2.75) is 39.3 Å². The first-order valence-corrected chi connectivity index (χ1v) is 8.23. The molecule has 1 aliphatic heterocycles. The fourth-order valence-corrected chi connectivity index (χ4v) is 3.64. The maximum Gasteiger partial charge on any atom is 0.0655 e. The molecule has 1 aromatic rings. The van der Waals surface area contributed by atoms with Crippen LogP contribution in [-0.4, -0.2) is 25.2 Å². The van der Waals surface area contributed by atoms with Gasteiger partial charge in [0.1, 0.15) is 0 Å². The van der Waals surface area contributed by atoms with Crippen molar-refractivity contribution in [1.82, 2.24) is 5.32 Å². The van der Waals surface area contributed by atoms with E-state index in [0.717, 1.165) is 25.2 Å². The second-order valence-corrected chi connectivity index (χ2v) is 6.69. The van der Waals surface area contributed by atoms with Gasteiger partial charge in [-0.1, -0.05) is 48.7 Å².